The van der Waals surface area contributed by atoms with Crippen molar-refractivity contribution in [3.05, 3.63) is 48.8 Å². The highest BCUT2D eigenvalue weighted by atomic mass is 14.9. The lowest BCUT2D eigenvalue weighted by Gasteiger charge is -1.97. The summed E-state index contributed by atoms with van der Waals surface area (Å²) in [7, 11) is 2.07. The molecule has 0 aliphatic heterocycles. The molecular formula is C14H12N2. The van der Waals surface area contributed by atoms with Gasteiger partial charge in [0.2, 0.25) is 0 Å². The fraction of sp³-hybridized carbons (Fsp3) is 0.0714. The maximum atomic E-state index is 4.25. The summed E-state index contributed by atoms with van der Waals surface area (Å²) in [5, 5.41) is 2.50. The molecule has 0 spiro atoms. The topological polar surface area (TPSA) is 17.8 Å². The molecule has 0 unspecified atom stereocenters. The minimum Gasteiger partial charge on any atom is -0.342 e. The number of benzene rings is 1. The molecule has 0 N–H and O–H groups in total. The van der Waals surface area contributed by atoms with Gasteiger partial charge in [-0.05, 0) is 6.07 Å². The molecule has 0 saturated carbocycles. The molecular weight excluding hydrogens is 196 g/mol. The van der Waals surface area contributed by atoms with Crippen LogP contribution < -0.4 is 0 Å². The molecule has 3 rings (SSSR count). The summed E-state index contributed by atoms with van der Waals surface area (Å²) in [5.41, 5.74) is 3.47. The molecule has 0 radical (unpaired) electrons. The van der Waals surface area contributed by atoms with Crippen LogP contribution in [-0.4, -0.2) is 9.55 Å². The minimum atomic E-state index is 1.09. The summed E-state index contributed by atoms with van der Waals surface area (Å²) < 4.78 is 2.17. The summed E-state index contributed by atoms with van der Waals surface area (Å²) in [5.74, 6) is 0. The van der Waals surface area contributed by atoms with Crippen molar-refractivity contribution in [1.29, 1.82) is 0 Å². The first-order valence-corrected chi connectivity index (χ1v) is 5.26. The normalized spacial score (nSPS) is 11.1. The SMILES string of the molecule is C=Cc1cncc2c1c1ccccc1n2C. The first kappa shape index (κ1) is 9.16. The van der Waals surface area contributed by atoms with E-state index in [-0.39, 0.29) is 0 Å². The van der Waals surface area contributed by atoms with Gasteiger partial charge in [-0.15, -0.1) is 0 Å². The van der Waals surface area contributed by atoms with E-state index in [2.05, 4.69) is 47.4 Å². The van der Waals surface area contributed by atoms with Crippen molar-refractivity contribution in [2.45, 2.75) is 0 Å². The Morgan fingerprint density at radius 3 is 2.81 bits per heavy atom. The van der Waals surface area contributed by atoms with E-state index in [0.717, 1.165) is 11.1 Å². The van der Waals surface area contributed by atoms with E-state index in [1.807, 2.05) is 18.5 Å². The van der Waals surface area contributed by atoms with E-state index < -0.39 is 0 Å². The molecule has 3 aromatic rings. The van der Waals surface area contributed by atoms with Gasteiger partial charge in [0.05, 0.1) is 11.7 Å². The van der Waals surface area contributed by atoms with Crippen LogP contribution in [0, 0.1) is 0 Å². The second-order valence-electron chi connectivity index (χ2n) is 3.90. The molecule has 2 nitrogen and oxygen atoms in total. The number of aryl methyl sites for hydroxylation is 1. The summed E-state index contributed by atoms with van der Waals surface area (Å²) in [6, 6.07) is 8.39. The van der Waals surface area contributed by atoms with Crippen molar-refractivity contribution in [2.75, 3.05) is 0 Å². The number of nitrogens with zero attached hydrogens (tertiary/aromatic N) is 2. The number of aromatic nitrogens is 2. The number of hydrogen-bond donors (Lipinski definition) is 0. The molecule has 2 aromatic heterocycles. The van der Waals surface area contributed by atoms with Crippen LogP contribution in [0.25, 0.3) is 27.9 Å². The molecule has 0 fully saturated rings. The van der Waals surface area contributed by atoms with Crippen molar-refractivity contribution in [3.8, 4) is 0 Å². The van der Waals surface area contributed by atoms with Gasteiger partial charge in [-0.2, -0.15) is 0 Å². The summed E-state index contributed by atoms with van der Waals surface area (Å²) >= 11 is 0. The Labute approximate surface area is 93.8 Å². The number of rotatable bonds is 1. The van der Waals surface area contributed by atoms with E-state index in [1.165, 1.54) is 16.3 Å². The van der Waals surface area contributed by atoms with Crippen LogP contribution in [0.2, 0.25) is 0 Å². The average Bonchev–Trinajstić information content (AvgIpc) is 2.64. The third-order valence-electron chi connectivity index (χ3n) is 3.07. The Morgan fingerprint density at radius 1 is 1.19 bits per heavy atom. The number of para-hydroxylation sites is 1. The third-order valence-corrected chi connectivity index (χ3v) is 3.07. The lowest BCUT2D eigenvalue weighted by molar-refractivity contribution is 1.01. The van der Waals surface area contributed by atoms with Gasteiger partial charge in [0.15, 0.2) is 0 Å². The highest BCUT2D eigenvalue weighted by Crippen LogP contribution is 2.30. The van der Waals surface area contributed by atoms with Crippen LogP contribution in [0.1, 0.15) is 5.56 Å². The summed E-state index contributed by atoms with van der Waals surface area (Å²) in [6.45, 7) is 3.85. The molecule has 0 saturated heterocycles. The average molecular weight is 208 g/mol. The highest BCUT2D eigenvalue weighted by molar-refractivity contribution is 6.11. The fourth-order valence-corrected chi connectivity index (χ4v) is 2.27. The quantitative estimate of drug-likeness (QED) is 0.599. The maximum absolute atomic E-state index is 4.25. The van der Waals surface area contributed by atoms with Gasteiger partial charge >= 0.3 is 0 Å². The van der Waals surface area contributed by atoms with Gasteiger partial charge in [-0.1, -0.05) is 30.9 Å². The molecule has 2 heterocycles. The van der Waals surface area contributed by atoms with Gasteiger partial charge in [0.25, 0.3) is 0 Å². The highest BCUT2D eigenvalue weighted by Gasteiger charge is 2.09. The van der Waals surface area contributed by atoms with Gasteiger partial charge in [0.1, 0.15) is 0 Å². The smallest absolute Gasteiger partial charge is 0.0681 e. The molecule has 2 heteroatoms. The summed E-state index contributed by atoms with van der Waals surface area (Å²) in [6.07, 6.45) is 5.63. The Kier molecular flexibility index (Phi) is 1.83. The van der Waals surface area contributed by atoms with Gasteiger partial charge in [0, 0.05) is 35.1 Å². The zero-order valence-electron chi connectivity index (χ0n) is 9.14. The number of fused-ring (bicyclic) bond motifs is 3. The van der Waals surface area contributed by atoms with E-state index in [0.29, 0.717) is 0 Å². The van der Waals surface area contributed by atoms with Crippen molar-refractivity contribution < 1.29 is 0 Å². The lowest BCUT2D eigenvalue weighted by Crippen LogP contribution is -1.87. The van der Waals surface area contributed by atoms with E-state index in [1.54, 1.807) is 0 Å². The Balaban J connectivity index is 2.67. The lowest BCUT2D eigenvalue weighted by atomic mass is 10.1. The van der Waals surface area contributed by atoms with Gasteiger partial charge < -0.3 is 4.57 Å². The zero-order chi connectivity index (χ0) is 11.1. The van der Waals surface area contributed by atoms with Gasteiger partial charge in [-0.3, -0.25) is 4.98 Å². The molecule has 0 bridgehead atoms. The Bertz CT molecular complexity index is 692. The number of pyridine rings is 1. The van der Waals surface area contributed by atoms with Crippen molar-refractivity contribution >= 4 is 27.9 Å². The Hall–Kier alpha value is -2.09. The molecule has 1 aromatic carbocycles. The first-order chi connectivity index (χ1) is 7.83. The van der Waals surface area contributed by atoms with E-state index in [9.17, 15) is 0 Å². The standard InChI is InChI=1S/C14H12N2/c1-3-10-8-15-9-13-14(10)11-6-4-5-7-12(11)16(13)2/h3-9H,1H2,2H3. The molecule has 0 atom stereocenters. The van der Waals surface area contributed by atoms with E-state index in [4.69, 9.17) is 0 Å². The fourth-order valence-electron chi connectivity index (χ4n) is 2.27. The van der Waals surface area contributed by atoms with Crippen molar-refractivity contribution in [2.24, 2.45) is 7.05 Å². The van der Waals surface area contributed by atoms with E-state index >= 15 is 0 Å². The van der Waals surface area contributed by atoms with Crippen LogP contribution >= 0.6 is 0 Å². The summed E-state index contributed by atoms with van der Waals surface area (Å²) in [4.78, 5) is 4.25. The number of hydrogen-bond acceptors (Lipinski definition) is 1. The molecule has 0 aliphatic rings. The second-order valence-corrected chi connectivity index (χ2v) is 3.90. The monoisotopic (exact) mass is 208 g/mol. The Morgan fingerprint density at radius 2 is 2.00 bits per heavy atom. The van der Waals surface area contributed by atoms with Crippen molar-refractivity contribution in [3.63, 3.8) is 0 Å². The molecule has 0 amide bonds. The maximum Gasteiger partial charge on any atom is 0.0681 e. The largest absolute Gasteiger partial charge is 0.342 e. The predicted molar refractivity (Wildman–Crippen MR) is 68.3 cm³/mol. The van der Waals surface area contributed by atoms with Crippen LogP contribution in [-0.2, 0) is 7.05 Å². The first-order valence-electron chi connectivity index (χ1n) is 5.26. The molecule has 78 valence electrons. The molecule has 0 aliphatic carbocycles. The van der Waals surface area contributed by atoms with Crippen LogP contribution in [0.5, 0.6) is 0 Å². The van der Waals surface area contributed by atoms with Crippen molar-refractivity contribution in [1.82, 2.24) is 9.55 Å². The van der Waals surface area contributed by atoms with Crippen LogP contribution in [0.4, 0.5) is 0 Å². The van der Waals surface area contributed by atoms with Crippen LogP contribution in [0.15, 0.2) is 43.2 Å². The third kappa shape index (κ3) is 1.04. The second kappa shape index (κ2) is 3.20. The molecule has 16 heavy (non-hydrogen) atoms. The van der Waals surface area contributed by atoms with Gasteiger partial charge in [-0.25, -0.2) is 0 Å². The minimum absolute atomic E-state index is 1.09. The zero-order valence-corrected chi connectivity index (χ0v) is 9.14. The van der Waals surface area contributed by atoms with Crippen LogP contribution in [0.3, 0.4) is 0 Å². The predicted octanol–water partition coefficient (Wildman–Crippen LogP) is 3.37.